The first kappa shape index (κ1) is 21.6. The summed E-state index contributed by atoms with van der Waals surface area (Å²) in [6.07, 6.45) is 2.97. The van der Waals surface area contributed by atoms with Crippen molar-refractivity contribution in [2.75, 3.05) is 13.7 Å². The third-order valence-corrected chi connectivity index (χ3v) is 6.51. The van der Waals surface area contributed by atoms with Gasteiger partial charge in [-0.15, -0.1) is 0 Å². The standard InChI is InChI=1S/C28H24N2O4/c1-30(26(27(31)32)15-18-10-11-19-12-13-29-16-20(19)14-18)28(33)34-17-25-23-8-4-2-6-21(23)22-7-3-5-9-24(22)25/h2-14,16,25-26H,15,17H2,1H3,(H,31,32)/t26-/m0/s1. The summed E-state index contributed by atoms with van der Waals surface area (Å²) in [4.78, 5) is 30.2. The quantitative estimate of drug-likeness (QED) is 0.440. The number of nitrogens with zero attached hydrogens (tertiary/aromatic N) is 2. The third kappa shape index (κ3) is 3.99. The van der Waals surface area contributed by atoms with Gasteiger partial charge in [0.25, 0.3) is 0 Å². The minimum atomic E-state index is -1.08. The minimum absolute atomic E-state index is 0.0824. The van der Waals surface area contributed by atoms with E-state index in [0.717, 1.165) is 38.6 Å². The molecular weight excluding hydrogens is 428 g/mol. The SMILES string of the molecule is CN(C(=O)OCC1c2ccccc2-c2ccccc21)[C@@H](Cc1ccc2ccncc2c1)C(=O)O. The Morgan fingerprint density at radius 2 is 1.65 bits per heavy atom. The van der Waals surface area contributed by atoms with E-state index in [1.165, 1.54) is 11.9 Å². The molecular formula is C28H24N2O4. The zero-order valence-electron chi connectivity index (χ0n) is 18.7. The molecule has 1 aliphatic carbocycles. The van der Waals surface area contributed by atoms with Crippen molar-refractivity contribution in [3.8, 4) is 11.1 Å². The highest BCUT2D eigenvalue weighted by atomic mass is 16.6. The van der Waals surface area contributed by atoms with E-state index in [9.17, 15) is 14.7 Å². The number of pyridine rings is 1. The Morgan fingerprint density at radius 1 is 0.971 bits per heavy atom. The Labute approximate surface area is 197 Å². The molecule has 3 aromatic carbocycles. The van der Waals surface area contributed by atoms with Crippen LogP contribution in [0.1, 0.15) is 22.6 Å². The Bertz CT molecular complexity index is 1340. The molecule has 1 aliphatic rings. The molecule has 1 atom stereocenters. The lowest BCUT2D eigenvalue weighted by atomic mass is 9.98. The molecule has 6 heteroatoms. The van der Waals surface area contributed by atoms with Crippen LogP contribution in [0.2, 0.25) is 0 Å². The first-order valence-electron chi connectivity index (χ1n) is 11.2. The number of likely N-dealkylation sites (N-methyl/N-ethyl adjacent to an activating group) is 1. The molecule has 0 saturated carbocycles. The van der Waals surface area contributed by atoms with Crippen molar-refractivity contribution in [1.82, 2.24) is 9.88 Å². The minimum Gasteiger partial charge on any atom is -0.480 e. The summed E-state index contributed by atoms with van der Waals surface area (Å²) < 4.78 is 5.65. The number of ether oxygens (including phenoxy) is 1. The highest BCUT2D eigenvalue weighted by Crippen LogP contribution is 2.44. The Morgan fingerprint density at radius 3 is 2.32 bits per heavy atom. The summed E-state index contributed by atoms with van der Waals surface area (Å²) in [5.74, 6) is -1.16. The largest absolute Gasteiger partial charge is 0.480 e. The first-order chi connectivity index (χ1) is 16.5. The second-order valence-corrected chi connectivity index (χ2v) is 8.53. The zero-order chi connectivity index (χ0) is 23.7. The predicted octanol–water partition coefficient (Wildman–Crippen LogP) is 5.11. The van der Waals surface area contributed by atoms with Gasteiger partial charge in [0.2, 0.25) is 0 Å². The number of aliphatic carboxylic acids is 1. The molecule has 0 saturated heterocycles. The summed E-state index contributed by atoms with van der Waals surface area (Å²) in [6, 6.07) is 22.8. The highest BCUT2D eigenvalue weighted by molar-refractivity contribution is 5.83. The molecule has 0 aliphatic heterocycles. The van der Waals surface area contributed by atoms with Crippen molar-refractivity contribution >= 4 is 22.8 Å². The number of aromatic nitrogens is 1. The lowest BCUT2D eigenvalue weighted by Crippen LogP contribution is -2.44. The van der Waals surface area contributed by atoms with Crippen LogP contribution in [-0.2, 0) is 16.0 Å². The zero-order valence-corrected chi connectivity index (χ0v) is 18.7. The highest BCUT2D eigenvalue weighted by Gasteiger charge is 2.32. The fourth-order valence-corrected chi connectivity index (χ4v) is 4.70. The molecule has 1 aromatic heterocycles. The van der Waals surface area contributed by atoms with Crippen molar-refractivity contribution in [2.45, 2.75) is 18.4 Å². The summed E-state index contributed by atoms with van der Waals surface area (Å²) in [6.45, 7) is 0.144. The Hall–Kier alpha value is -4.19. The Balaban J connectivity index is 1.31. The van der Waals surface area contributed by atoms with Crippen LogP contribution < -0.4 is 0 Å². The summed E-state index contributed by atoms with van der Waals surface area (Å²) >= 11 is 0. The lowest BCUT2D eigenvalue weighted by molar-refractivity contribution is -0.142. The third-order valence-electron chi connectivity index (χ3n) is 6.51. The van der Waals surface area contributed by atoms with Crippen molar-refractivity contribution < 1.29 is 19.4 Å². The number of carbonyl (C=O) groups is 2. The van der Waals surface area contributed by atoms with Crippen LogP contribution in [-0.4, -0.2) is 46.7 Å². The van der Waals surface area contributed by atoms with E-state index in [1.54, 1.807) is 12.4 Å². The second kappa shape index (κ2) is 8.98. The van der Waals surface area contributed by atoms with Crippen molar-refractivity contribution in [1.29, 1.82) is 0 Å². The molecule has 0 radical (unpaired) electrons. The van der Waals surface area contributed by atoms with Crippen LogP contribution in [0.25, 0.3) is 21.9 Å². The molecule has 1 heterocycles. The average Bonchev–Trinajstić information content (AvgIpc) is 3.19. The van der Waals surface area contributed by atoms with Gasteiger partial charge >= 0.3 is 12.1 Å². The van der Waals surface area contributed by atoms with Crippen LogP contribution in [0, 0.1) is 0 Å². The molecule has 0 bridgehead atoms. The fourth-order valence-electron chi connectivity index (χ4n) is 4.70. The molecule has 1 N–H and O–H groups in total. The van der Waals surface area contributed by atoms with Gasteiger partial charge in [0, 0.05) is 37.2 Å². The monoisotopic (exact) mass is 452 g/mol. The number of hydrogen-bond donors (Lipinski definition) is 1. The number of carboxylic acids is 1. The van der Waals surface area contributed by atoms with E-state index in [1.807, 2.05) is 60.7 Å². The van der Waals surface area contributed by atoms with Crippen molar-refractivity contribution in [2.24, 2.45) is 0 Å². The van der Waals surface area contributed by atoms with E-state index in [-0.39, 0.29) is 18.9 Å². The number of carboxylic acid groups (broad SMARTS) is 1. The van der Waals surface area contributed by atoms with Crippen molar-refractivity contribution in [3.63, 3.8) is 0 Å². The number of fused-ring (bicyclic) bond motifs is 4. The topological polar surface area (TPSA) is 79.7 Å². The van der Waals surface area contributed by atoms with Gasteiger partial charge in [-0.2, -0.15) is 0 Å². The smallest absolute Gasteiger partial charge is 0.410 e. The summed E-state index contributed by atoms with van der Waals surface area (Å²) in [7, 11) is 1.47. The van der Waals surface area contributed by atoms with E-state index in [4.69, 9.17) is 4.74 Å². The number of benzene rings is 3. The van der Waals surface area contributed by atoms with Gasteiger partial charge in [0.1, 0.15) is 12.6 Å². The van der Waals surface area contributed by atoms with E-state index in [2.05, 4.69) is 17.1 Å². The molecule has 1 amide bonds. The predicted molar refractivity (Wildman–Crippen MR) is 130 cm³/mol. The van der Waals surface area contributed by atoms with Crippen LogP contribution >= 0.6 is 0 Å². The van der Waals surface area contributed by atoms with Gasteiger partial charge in [0.05, 0.1) is 0 Å². The summed E-state index contributed by atoms with van der Waals surface area (Å²) in [5.41, 5.74) is 5.31. The lowest BCUT2D eigenvalue weighted by Gasteiger charge is -2.25. The number of amides is 1. The van der Waals surface area contributed by atoms with Gasteiger partial charge in [0.15, 0.2) is 0 Å². The molecule has 34 heavy (non-hydrogen) atoms. The maximum absolute atomic E-state index is 12.9. The molecule has 0 spiro atoms. The van der Waals surface area contributed by atoms with Gasteiger partial charge in [-0.05, 0) is 45.3 Å². The number of carbonyl (C=O) groups excluding carboxylic acids is 1. The molecule has 170 valence electrons. The van der Waals surface area contributed by atoms with Crippen LogP contribution in [0.5, 0.6) is 0 Å². The van der Waals surface area contributed by atoms with Crippen molar-refractivity contribution in [3.05, 3.63) is 102 Å². The molecule has 0 fully saturated rings. The average molecular weight is 453 g/mol. The first-order valence-corrected chi connectivity index (χ1v) is 11.2. The van der Waals surface area contributed by atoms with Gasteiger partial charge < -0.3 is 9.84 Å². The second-order valence-electron chi connectivity index (χ2n) is 8.53. The van der Waals surface area contributed by atoms with E-state index >= 15 is 0 Å². The van der Waals surface area contributed by atoms with E-state index < -0.39 is 18.1 Å². The number of hydrogen-bond acceptors (Lipinski definition) is 4. The molecule has 4 aromatic rings. The van der Waals surface area contributed by atoms with Gasteiger partial charge in [-0.1, -0.05) is 60.7 Å². The van der Waals surface area contributed by atoms with Gasteiger partial charge in [-0.25, -0.2) is 9.59 Å². The van der Waals surface area contributed by atoms with Crippen LogP contribution in [0.4, 0.5) is 4.79 Å². The van der Waals surface area contributed by atoms with Crippen LogP contribution in [0.15, 0.2) is 85.2 Å². The van der Waals surface area contributed by atoms with Crippen LogP contribution in [0.3, 0.4) is 0 Å². The maximum atomic E-state index is 12.9. The molecule has 0 unspecified atom stereocenters. The molecule has 6 nitrogen and oxygen atoms in total. The van der Waals surface area contributed by atoms with E-state index in [0.29, 0.717) is 0 Å². The summed E-state index contributed by atoms with van der Waals surface area (Å²) in [5, 5.41) is 11.8. The fraction of sp³-hybridized carbons (Fsp3) is 0.179. The number of rotatable bonds is 6. The Kier molecular flexibility index (Phi) is 5.72. The molecule has 5 rings (SSSR count). The van der Waals surface area contributed by atoms with Gasteiger partial charge in [-0.3, -0.25) is 9.88 Å². The normalized spacial score (nSPS) is 13.2. The maximum Gasteiger partial charge on any atom is 0.410 e.